The molecule has 2 nitrogen and oxygen atoms in total. The third-order valence-corrected chi connectivity index (χ3v) is 2.50. The van der Waals surface area contributed by atoms with E-state index in [1.54, 1.807) is 12.5 Å². The summed E-state index contributed by atoms with van der Waals surface area (Å²) in [5.41, 5.74) is 3.63. The monoisotopic (exact) mass is 215 g/mol. The fraction of sp³-hybridized carbons (Fsp3) is 0.286. The van der Waals surface area contributed by atoms with Gasteiger partial charge in [-0.3, -0.25) is 0 Å². The minimum Gasteiger partial charge on any atom is -0.472 e. The molecular formula is C14H17NO. The van der Waals surface area contributed by atoms with Gasteiger partial charge in [-0.1, -0.05) is 32.0 Å². The summed E-state index contributed by atoms with van der Waals surface area (Å²) in [7, 11) is 0. The van der Waals surface area contributed by atoms with Crippen LogP contribution in [0.15, 0.2) is 47.3 Å². The Labute approximate surface area is 96.3 Å². The fourth-order valence-electron chi connectivity index (χ4n) is 1.61. The third kappa shape index (κ3) is 2.74. The second kappa shape index (κ2) is 4.99. The second-order valence-corrected chi connectivity index (χ2v) is 4.25. The molecule has 0 bridgehead atoms. The molecule has 16 heavy (non-hydrogen) atoms. The summed E-state index contributed by atoms with van der Waals surface area (Å²) >= 11 is 0. The molecule has 1 aromatic carbocycles. The summed E-state index contributed by atoms with van der Waals surface area (Å²) in [6, 6.07) is 11.0. The molecule has 0 atom stereocenters. The van der Waals surface area contributed by atoms with E-state index in [0.29, 0.717) is 6.04 Å². The zero-order valence-electron chi connectivity index (χ0n) is 9.73. The van der Waals surface area contributed by atoms with E-state index in [2.05, 4.69) is 43.4 Å². The van der Waals surface area contributed by atoms with Crippen LogP contribution in [-0.2, 0) is 6.54 Å². The second-order valence-electron chi connectivity index (χ2n) is 4.25. The van der Waals surface area contributed by atoms with E-state index in [1.165, 1.54) is 11.1 Å². The fourth-order valence-corrected chi connectivity index (χ4v) is 1.61. The van der Waals surface area contributed by atoms with Crippen LogP contribution < -0.4 is 5.32 Å². The molecule has 0 saturated heterocycles. The molecule has 0 saturated carbocycles. The van der Waals surface area contributed by atoms with Crippen molar-refractivity contribution in [3.8, 4) is 11.1 Å². The van der Waals surface area contributed by atoms with Crippen LogP contribution in [0.4, 0.5) is 0 Å². The van der Waals surface area contributed by atoms with Crippen molar-refractivity contribution in [2.45, 2.75) is 26.4 Å². The van der Waals surface area contributed by atoms with Crippen molar-refractivity contribution in [1.29, 1.82) is 0 Å². The molecular weight excluding hydrogens is 198 g/mol. The summed E-state index contributed by atoms with van der Waals surface area (Å²) in [4.78, 5) is 0. The van der Waals surface area contributed by atoms with Gasteiger partial charge in [-0.25, -0.2) is 0 Å². The molecule has 0 amide bonds. The van der Waals surface area contributed by atoms with Crippen LogP contribution in [-0.4, -0.2) is 6.04 Å². The van der Waals surface area contributed by atoms with Crippen LogP contribution in [0.3, 0.4) is 0 Å². The lowest BCUT2D eigenvalue weighted by atomic mass is 10.1. The lowest BCUT2D eigenvalue weighted by Gasteiger charge is -2.08. The zero-order chi connectivity index (χ0) is 11.4. The normalized spacial score (nSPS) is 10.9. The van der Waals surface area contributed by atoms with E-state index in [0.717, 1.165) is 12.1 Å². The van der Waals surface area contributed by atoms with E-state index in [1.807, 2.05) is 6.07 Å². The van der Waals surface area contributed by atoms with Crippen LogP contribution in [0.2, 0.25) is 0 Å². The number of benzene rings is 1. The molecule has 1 aromatic heterocycles. The highest BCUT2D eigenvalue weighted by atomic mass is 16.3. The number of nitrogens with one attached hydrogen (secondary N) is 1. The van der Waals surface area contributed by atoms with Gasteiger partial charge in [0.15, 0.2) is 0 Å². The van der Waals surface area contributed by atoms with Crippen molar-refractivity contribution in [2.24, 2.45) is 0 Å². The Morgan fingerprint density at radius 3 is 2.75 bits per heavy atom. The van der Waals surface area contributed by atoms with Gasteiger partial charge in [-0.2, -0.15) is 0 Å². The van der Waals surface area contributed by atoms with E-state index >= 15 is 0 Å². The first-order valence-corrected chi connectivity index (χ1v) is 5.60. The molecule has 2 heteroatoms. The number of furan rings is 1. The molecule has 0 unspecified atom stereocenters. The smallest absolute Gasteiger partial charge is 0.0980 e. The lowest BCUT2D eigenvalue weighted by molar-refractivity contribution is 0.568. The van der Waals surface area contributed by atoms with Gasteiger partial charge in [-0.05, 0) is 23.3 Å². The molecule has 0 fully saturated rings. The summed E-state index contributed by atoms with van der Waals surface area (Å²) in [6.45, 7) is 5.21. The Balaban J connectivity index is 2.14. The van der Waals surface area contributed by atoms with Gasteiger partial charge < -0.3 is 9.73 Å². The maximum Gasteiger partial charge on any atom is 0.0980 e. The Kier molecular flexibility index (Phi) is 3.42. The van der Waals surface area contributed by atoms with Crippen molar-refractivity contribution in [1.82, 2.24) is 5.32 Å². The first kappa shape index (κ1) is 11.0. The summed E-state index contributed by atoms with van der Waals surface area (Å²) in [6.07, 6.45) is 3.48. The predicted octanol–water partition coefficient (Wildman–Crippen LogP) is 3.44. The maximum absolute atomic E-state index is 5.09. The van der Waals surface area contributed by atoms with Crippen LogP contribution in [0.5, 0.6) is 0 Å². The van der Waals surface area contributed by atoms with Crippen molar-refractivity contribution < 1.29 is 4.42 Å². The number of hydrogen-bond donors (Lipinski definition) is 1. The van der Waals surface area contributed by atoms with Crippen molar-refractivity contribution >= 4 is 0 Å². The highest BCUT2D eigenvalue weighted by Gasteiger charge is 2.00. The van der Waals surface area contributed by atoms with Crippen LogP contribution in [0, 0.1) is 0 Å². The van der Waals surface area contributed by atoms with Crippen LogP contribution in [0.25, 0.3) is 11.1 Å². The highest BCUT2D eigenvalue weighted by Crippen LogP contribution is 2.20. The Morgan fingerprint density at radius 1 is 1.19 bits per heavy atom. The van der Waals surface area contributed by atoms with Gasteiger partial charge in [0.2, 0.25) is 0 Å². The predicted molar refractivity (Wildman–Crippen MR) is 66.1 cm³/mol. The average Bonchev–Trinajstić information content (AvgIpc) is 2.80. The zero-order valence-corrected chi connectivity index (χ0v) is 9.73. The van der Waals surface area contributed by atoms with Gasteiger partial charge in [0.25, 0.3) is 0 Å². The molecule has 0 aliphatic rings. The largest absolute Gasteiger partial charge is 0.472 e. The minimum absolute atomic E-state index is 0.512. The number of rotatable bonds is 4. The molecule has 0 aliphatic carbocycles. The van der Waals surface area contributed by atoms with Crippen molar-refractivity contribution in [3.63, 3.8) is 0 Å². The maximum atomic E-state index is 5.09. The van der Waals surface area contributed by atoms with Gasteiger partial charge in [-0.15, -0.1) is 0 Å². The van der Waals surface area contributed by atoms with E-state index in [4.69, 9.17) is 4.42 Å². The lowest BCUT2D eigenvalue weighted by Crippen LogP contribution is -2.21. The van der Waals surface area contributed by atoms with Crippen molar-refractivity contribution in [2.75, 3.05) is 0 Å². The summed E-state index contributed by atoms with van der Waals surface area (Å²) in [5, 5.41) is 3.41. The summed E-state index contributed by atoms with van der Waals surface area (Å²) < 4.78 is 5.09. The molecule has 0 spiro atoms. The van der Waals surface area contributed by atoms with E-state index < -0.39 is 0 Å². The van der Waals surface area contributed by atoms with Crippen LogP contribution in [0.1, 0.15) is 19.4 Å². The molecule has 2 aromatic rings. The van der Waals surface area contributed by atoms with Gasteiger partial charge in [0.05, 0.1) is 12.5 Å². The summed E-state index contributed by atoms with van der Waals surface area (Å²) in [5.74, 6) is 0. The standard InChI is InChI=1S/C14H17NO/c1-11(2)15-9-12-4-3-5-13(8-12)14-6-7-16-10-14/h3-8,10-11,15H,9H2,1-2H3. The Hall–Kier alpha value is -1.54. The Bertz CT molecular complexity index is 432. The molecule has 1 N–H and O–H groups in total. The van der Waals surface area contributed by atoms with E-state index in [-0.39, 0.29) is 0 Å². The molecule has 84 valence electrons. The average molecular weight is 215 g/mol. The molecule has 0 aliphatic heterocycles. The topological polar surface area (TPSA) is 25.2 Å². The molecule has 1 heterocycles. The Morgan fingerprint density at radius 2 is 2.06 bits per heavy atom. The quantitative estimate of drug-likeness (QED) is 0.845. The SMILES string of the molecule is CC(C)NCc1cccc(-c2ccoc2)c1. The highest BCUT2D eigenvalue weighted by molar-refractivity contribution is 5.62. The van der Waals surface area contributed by atoms with Gasteiger partial charge >= 0.3 is 0 Å². The van der Waals surface area contributed by atoms with Gasteiger partial charge in [0, 0.05) is 18.2 Å². The van der Waals surface area contributed by atoms with Crippen molar-refractivity contribution in [3.05, 3.63) is 48.4 Å². The molecule has 0 radical (unpaired) electrons. The minimum atomic E-state index is 0.512. The van der Waals surface area contributed by atoms with Gasteiger partial charge in [0.1, 0.15) is 0 Å². The first-order valence-electron chi connectivity index (χ1n) is 5.60. The first-order chi connectivity index (χ1) is 7.75. The molecule has 2 rings (SSSR count). The number of hydrogen-bond acceptors (Lipinski definition) is 2. The third-order valence-electron chi connectivity index (χ3n) is 2.50. The van der Waals surface area contributed by atoms with E-state index in [9.17, 15) is 0 Å². The van der Waals surface area contributed by atoms with Crippen LogP contribution >= 0.6 is 0 Å².